The molecule has 6 amide bonds. The Morgan fingerprint density at radius 2 is 1.03 bits per heavy atom. The second kappa shape index (κ2) is 19.1. The molecule has 0 unspecified atom stereocenters. The van der Waals surface area contributed by atoms with Gasteiger partial charge in [0.15, 0.2) is 0 Å². The number of aryl methyl sites for hydroxylation is 2. The first kappa shape index (κ1) is 42.9. The number of likely N-dealkylation sites (tertiary alicyclic amines) is 2. The van der Waals surface area contributed by atoms with E-state index in [1.54, 1.807) is 30.3 Å². The average molecular weight is 849 g/mol. The van der Waals surface area contributed by atoms with Crippen molar-refractivity contribution < 1.29 is 28.7 Å². The van der Waals surface area contributed by atoms with Gasteiger partial charge in [-0.2, -0.15) is 20.5 Å². The Hall–Kier alpha value is -6.74. The normalized spacial score (nSPS) is 17.1. The third-order valence-corrected chi connectivity index (χ3v) is 12.7. The topological polar surface area (TPSA) is 171 Å². The molecule has 0 bridgehead atoms. The Morgan fingerprint density at radius 1 is 0.619 bits per heavy atom. The summed E-state index contributed by atoms with van der Waals surface area (Å²) in [6.07, 6.45) is 3.53. The van der Waals surface area contributed by atoms with Crippen molar-refractivity contribution in [3.8, 4) is 12.1 Å². The molecule has 4 aliphatic heterocycles. The number of carbonyl (C=O) groups is 4. The van der Waals surface area contributed by atoms with Crippen LogP contribution in [0.3, 0.4) is 0 Å². The van der Waals surface area contributed by atoms with Crippen LogP contribution in [0, 0.1) is 29.6 Å². The lowest BCUT2D eigenvalue weighted by atomic mass is 9.89. The Labute approximate surface area is 367 Å². The van der Waals surface area contributed by atoms with Gasteiger partial charge in [0, 0.05) is 37.3 Å². The van der Waals surface area contributed by atoms with Gasteiger partial charge in [0.05, 0.1) is 73.2 Å². The quantitative estimate of drug-likeness (QED) is 0.174. The van der Waals surface area contributed by atoms with Crippen LogP contribution in [-0.4, -0.2) is 98.4 Å². The highest BCUT2D eigenvalue weighted by Gasteiger charge is 2.37. The molecule has 0 spiro atoms. The summed E-state index contributed by atoms with van der Waals surface area (Å²) in [7, 11) is 0. The first-order chi connectivity index (χ1) is 30.6. The molecule has 4 saturated heterocycles. The molecule has 8 rings (SSSR count). The molecule has 2 N–H and O–H groups in total. The molecule has 0 atom stereocenters. The third-order valence-electron chi connectivity index (χ3n) is 12.7. The zero-order valence-corrected chi connectivity index (χ0v) is 35.7. The zero-order chi connectivity index (χ0) is 44.0. The number of anilines is 2. The maximum absolute atomic E-state index is 14.8. The summed E-state index contributed by atoms with van der Waals surface area (Å²) in [5.41, 5.74) is 6.31. The van der Waals surface area contributed by atoms with E-state index in [4.69, 9.17) is 9.47 Å². The van der Waals surface area contributed by atoms with Crippen molar-refractivity contribution in [3.63, 3.8) is 0 Å². The summed E-state index contributed by atoms with van der Waals surface area (Å²) in [6.45, 7) is 7.17. The summed E-state index contributed by atoms with van der Waals surface area (Å²) >= 11 is 0. The molecule has 14 heteroatoms. The van der Waals surface area contributed by atoms with Crippen LogP contribution in [0.15, 0.2) is 84.9 Å². The number of hydrazine groups is 1. The van der Waals surface area contributed by atoms with Crippen molar-refractivity contribution in [1.82, 2.24) is 20.4 Å². The standard InChI is InChI=1S/C49H52N8O6/c1-3-35-14-15-41(47(59)55-22-18-39(19-23-55)37-12-7-34(27-51)8-13-37)25-45(35)57(49(61)53-43-30-63-31-43)56(48(60)52-42-28-62-29-42)44-24-40(9-4-32(44)2)46(58)54-20-16-38(17-21-54)36-10-5-33(26-50)6-11-36/h4-15,24-25,38-39,42-43H,3,16-23,28-31H2,1-2H3,(H,52,60)(H,53,61). The lowest BCUT2D eigenvalue weighted by Crippen LogP contribution is -2.63. The monoisotopic (exact) mass is 848 g/mol. The highest BCUT2D eigenvalue weighted by atomic mass is 16.5. The van der Waals surface area contributed by atoms with Gasteiger partial charge in [-0.25, -0.2) is 9.59 Å². The molecule has 4 aromatic rings. The Morgan fingerprint density at radius 3 is 1.43 bits per heavy atom. The highest BCUT2D eigenvalue weighted by molar-refractivity contribution is 6.08. The van der Waals surface area contributed by atoms with Crippen LogP contribution in [0.1, 0.15) is 98.5 Å². The summed E-state index contributed by atoms with van der Waals surface area (Å²) in [6, 6.07) is 28.3. The SMILES string of the molecule is CCc1ccc(C(=O)N2CCC(c3ccc(C#N)cc3)CC2)cc1N(C(=O)NC1COC1)N(C(=O)NC1COC1)c1cc(C(=O)N2CCC(c3ccc(C#N)cc3)CC2)ccc1C. The van der Waals surface area contributed by atoms with Crippen LogP contribution in [-0.2, 0) is 15.9 Å². The zero-order valence-electron chi connectivity index (χ0n) is 35.7. The fourth-order valence-electron chi connectivity index (χ4n) is 8.75. The van der Waals surface area contributed by atoms with E-state index in [1.807, 2.05) is 78.2 Å². The lowest BCUT2D eigenvalue weighted by Gasteiger charge is -2.40. The van der Waals surface area contributed by atoms with Crippen LogP contribution in [0.4, 0.5) is 21.0 Å². The molecule has 324 valence electrons. The molecule has 4 aliphatic rings. The molecule has 4 heterocycles. The molecule has 4 aromatic carbocycles. The molecule has 0 radical (unpaired) electrons. The minimum absolute atomic E-state index is 0.181. The number of hydrogen-bond acceptors (Lipinski definition) is 8. The summed E-state index contributed by atoms with van der Waals surface area (Å²) in [5, 5.41) is 27.1. The van der Waals surface area contributed by atoms with Gasteiger partial charge < -0.3 is 29.9 Å². The van der Waals surface area contributed by atoms with Crippen molar-refractivity contribution in [2.24, 2.45) is 0 Å². The van der Waals surface area contributed by atoms with Gasteiger partial charge in [0.2, 0.25) is 0 Å². The van der Waals surface area contributed by atoms with Gasteiger partial charge in [0.25, 0.3) is 11.8 Å². The van der Waals surface area contributed by atoms with Gasteiger partial charge in [-0.15, -0.1) is 0 Å². The van der Waals surface area contributed by atoms with Crippen LogP contribution in [0.25, 0.3) is 0 Å². The Bertz CT molecular complexity index is 2420. The first-order valence-electron chi connectivity index (χ1n) is 21.8. The van der Waals surface area contributed by atoms with E-state index in [0.717, 1.165) is 42.4 Å². The number of nitriles is 2. The van der Waals surface area contributed by atoms with Crippen LogP contribution in [0.5, 0.6) is 0 Å². The van der Waals surface area contributed by atoms with Gasteiger partial charge >= 0.3 is 12.1 Å². The molecule has 0 saturated carbocycles. The predicted octanol–water partition coefficient (Wildman–Crippen LogP) is 6.79. The minimum atomic E-state index is -0.595. The van der Waals surface area contributed by atoms with Crippen molar-refractivity contribution in [2.75, 3.05) is 62.6 Å². The second-order valence-electron chi connectivity index (χ2n) is 16.8. The minimum Gasteiger partial charge on any atom is -0.377 e. The highest BCUT2D eigenvalue weighted by Crippen LogP contribution is 2.35. The largest absolute Gasteiger partial charge is 0.377 e. The van der Waals surface area contributed by atoms with Crippen LogP contribution < -0.4 is 20.7 Å². The van der Waals surface area contributed by atoms with E-state index < -0.39 is 12.1 Å². The fourth-order valence-corrected chi connectivity index (χ4v) is 8.75. The molecule has 0 aromatic heterocycles. The number of carbonyl (C=O) groups excluding carboxylic acids is 4. The molecule has 63 heavy (non-hydrogen) atoms. The number of ether oxygens (including phenoxy) is 2. The molecular formula is C49H52N8O6. The predicted molar refractivity (Wildman–Crippen MR) is 236 cm³/mol. The van der Waals surface area contributed by atoms with Gasteiger partial charge in [-0.3, -0.25) is 9.59 Å². The second-order valence-corrected chi connectivity index (χ2v) is 16.8. The smallest absolute Gasteiger partial charge is 0.341 e. The fraction of sp³-hybridized carbons (Fsp3) is 0.388. The number of urea groups is 2. The van der Waals surface area contributed by atoms with Gasteiger partial charge in [0.1, 0.15) is 0 Å². The molecule has 14 nitrogen and oxygen atoms in total. The summed E-state index contributed by atoms with van der Waals surface area (Å²) in [5.74, 6) is 0.150. The van der Waals surface area contributed by atoms with E-state index >= 15 is 0 Å². The maximum atomic E-state index is 14.8. The van der Waals surface area contributed by atoms with Gasteiger partial charge in [-0.1, -0.05) is 43.3 Å². The number of benzene rings is 4. The van der Waals surface area contributed by atoms with Crippen LogP contribution in [0.2, 0.25) is 0 Å². The van der Waals surface area contributed by atoms with E-state index in [0.29, 0.717) is 98.2 Å². The van der Waals surface area contributed by atoms with Gasteiger partial charge in [-0.05, 0) is 122 Å². The summed E-state index contributed by atoms with van der Waals surface area (Å²) in [4.78, 5) is 61.7. The molecule has 4 fully saturated rings. The number of amides is 6. The number of nitrogens with zero attached hydrogens (tertiary/aromatic N) is 6. The third kappa shape index (κ3) is 9.38. The van der Waals surface area contributed by atoms with E-state index in [-0.39, 0.29) is 35.7 Å². The van der Waals surface area contributed by atoms with Crippen LogP contribution >= 0.6 is 0 Å². The number of piperidine rings is 2. The number of rotatable bonds is 9. The lowest BCUT2D eigenvalue weighted by molar-refractivity contribution is -0.000256. The van der Waals surface area contributed by atoms with E-state index in [9.17, 15) is 29.7 Å². The van der Waals surface area contributed by atoms with Crippen molar-refractivity contribution in [1.29, 1.82) is 10.5 Å². The van der Waals surface area contributed by atoms with Crippen molar-refractivity contribution >= 4 is 35.3 Å². The first-order valence-corrected chi connectivity index (χ1v) is 21.8. The summed E-state index contributed by atoms with van der Waals surface area (Å²) < 4.78 is 10.8. The Balaban J connectivity index is 1.10. The van der Waals surface area contributed by atoms with Crippen molar-refractivity contribution in [2.45, 2.75) is 69.9 Å². The molecular weight excluding hydrogens is 797 g/mol. The maximum Gasteiger partial charge on any atom is 0.341 e. The average Bonchev–Trinajstić information content (AvgIpc) is 3.30. The Kier molecular flexibility index (Phi) is 13.0. The van der Waals surface area contributed by atoms with Crippen molar-refractivity contribution in [3.05, 3.63) is 129 Å². The van der Waals surface area contributed by atoms with E-state index in [2.05, 4.69) is 22.8 Å². The van der Waals surface area contributed by atoms with E-state index in [1.165, 1.54) is 10.0 Å². The molecule has 0 aliphatic carbocycles. The number of hydrogen-bond donors (Lipinski definition) is 2. The number of nitrogens with one attached hydrogen (secondary N) is 2.